The molecule has 180 valence electrons. The number of hydrogen-bond donors (Lipinski definition) is 0. The molecule has 0 radical (unpaired) electrons. The van der Waals surface area contributed by atoms with Crippen molar-refractivity contribution in [1.82, 2.24) is 4.98 Å². The van der Waals surface area contributed by atoms with Crippen LogP contribution in [0.4, 0.5) is 10.5 Å². The van der Waals surface area contributed by atoms with Gasteiger partial charge in [0, 0.05) is 0 Å². The van der Waals surface area contributed by atoms with Crippen LogP contribution in [0.1, 0.15) is 20.9 Å². The third kappa shape index (κ3) is 5.70. The van der Waals surface area contributed by atoms with Crippen LogP contribution in [0, 0.1) is 6.92 Å². The van der Waals surface area contributed by atoms with E-state index >= 15 is 0 Å². The van der Waals surface area contributed by atoms with Gasteiger partial charge in [0.1, 0.15) is 23.1 Å². The Kier molecular flexibility index (Phi) is 7.47. The average molecular weight is 493 g/mol. The van der Waals surface area contributed by atoms with Crippen molar-refractivity contribution in [1.29, 1.82) is 0 Å². The Morgan fingerprint density at radius 3 is 2.40 bits per heavy atom. The molecule has 0 fully saturated rings. The largest absolute Gasteiger partial charge is 0.497 e. The van der Waals surface area contributed by atoms with E-state index in [4.69, 9.17) is 18.9 Å². The maximum absolute atomic E-state index is 12.4. The summed E-state index contributed by atoms with van der Waals surface area (Å²) in [6.07, 6.45) is -0.654. The summed E-state index contributed by atoms with van der Waals surface area (Å²) in [5.41, 5.74) is 2.57. The number of nitrogens with zero attached hydrogens (tertiary/aromatic N) is 2. The first-order valence-corrected chi connectivity index (χ1v) is 11.5. The summed E-state index contributed by atoms with van der Waals surface area (Å²) in [5, 5.41) is 0.870. The third-order valence-electron chi connectivity index (χ3n) is 5.21. The van der Waals surface area contributed by atoms with Crippen LogP contribution >= 0.6 is 11.3 Å². The number of carbonyl (C=O) groups is 2. The number of thiazole rings is 1. The summed E-state index contributed by atoms with van der Waals surface area (Å²) in [4.78, 5) is 30.7. The molecule has 0 saturated carbocycles. The fourth-order valence-corrected chi connectivity index (χ4v) is 4.29. The van der Waals surface area contributed by atoms with Gasteiger partial charge in [-0.25, -0.2) is 19.5 Å². The number of benzene rings is 3. The van der Waals surface area contributed by atoms with E-state index in [9.17, 15) is 9.59 Å². The van der Waals surface area contributed by atoms with E-state index in [1.165, 1.54) is 12.0 Å². The van der Waals surface area contributed by atoms with Crippen LogP contribution in [0.15, 0.2) is 66.7 Å². The number of ether oxygens (including phenoxy) is 4. The molecule has 0 bridgehead atoms. The molecule has 0 atom stereocenters. The molecule has 0 N–H and O–H groups in total. The number of carbonyl (C=O) groups excluding carboxylic acids is 2. The molecule has 4 aromatic rings. The zero-order valence-corrected chi connectivity index (χ0v) is 20.3. The predicted octanol–water partition coefficient (Wildman–Crippen LogP) is 5.58. The molecule has 1 amide bonds. The van der Waals surface area contributed by atoms with Gasteiger partial charge < -0.3 is 18.9 Å². The lowest BCUT2D eigenvalue weighted by molar-refractivity contribution is 0.0503. The van der Waals surface area contributed by atoms with Crippen LogP contribution in [0.2, 0.25) is 0 Å². The summed E-state index contributed by atoms with van der Waals surface area (Å²) < 4.78 is 22.4. The molecule has 35 heavy (non-hydrogen) atoms. The number of hydrogen-bond acceptors (Lipinski definition) is 8. The fraction of sp³-hybridized carbons (Fsp3) is 0.192. The Labute approximate surface area is 206 Å². The van der Waals surface area contributed by atoms with Gasteiger partial charge in [0.25, 0.3) is 0 Å². The number of amides is 1. The highest BCUT2D eigenvalue weighted by molar-refractivity contribution is 7.18. The lowest BCUT2D eigenvalue weighted by Gasteiger charge is -2.23. The van der Waals surface area contributed by atoms with Crippen molar-refractivity contribution in [3.8, 4) is 11.5 Å². The standard InChI is InChI=1S/C26H24N2O6S/c1-17-14-20(33-15-24-27-21-6-4-5-7-23(21)35-24)12-13-22(17)28(26(30)32-3)16-34-25(29)18-8-10-19(31-2)11-9-18/h4-14H,15-16H2,1-3H3. The van der Waals surface area contributed by atoms with E-state index < -0.39 is 12.1 Å². The van der Waals surface area contributed by atoms with Crippen molar-refractivity contribution in [3.05, 3.63) is 82.9 Å². The molecular weight excluding hydrogens is 468 g/mol. The van der Waals surface area contributed by atoms with Crippen molar-refractivity contribution in [3.63, 3.8) is 0 Å². The topological polar surface area (TPSA) is 87.2 Å². The second kappa shape index (κ2) is 10.9. The van der Waals surface area contributed by atoms with Crippen LogP contribution in [-0.2, 0) is 16.1 Å². The SMILES string of the molecule is COC(=O)N(COC(=O)c1ccc(OC)cc1)c1ccc(OCc2nc3ccccc3s2)cc1C. The van der Waals surface area contributed by atoms with Crippen molar-refractivity contribution in [2.75, 3.05) is 25.9 Å². The number of rotatable bonds is 8. The molecule has 8 nitrogen and oxygen atoms in total. The molecular formula is C26H24N2O6S. The quantitative estimate of drug-likeness (QED) is 0.234. The minimum atomic E-state index is -0.654. The molecule has 4 rings (SSSR count). The Hall–Kier alpha value is -4.11. The van der Waals surface area contributed by atoms with Crippen molar-refractivity contribution in [2.24, 2.45) is 0 Å². The zero-order valence-electron chi connectivity index (χ0n) is 19.5. The van der Waals surface area contributed by atoms with Crippen LogP contribution in [-0.4, -0.2) is 38.0 Å². The predicted molar refractivity (Wildman–Crippen MR) is 133 cm³/mol. The number of aryl methyl sites for hydroxylation is 1. The summed E-state index contributed by atoms with van der Waals surface area (Å²) in [6.45, 7) is 1.85. The van der Waals surface area contributed by atoms with E-state index in [1.807, 2.05) is 37.3 Å². The van der Waals surface area contributed by atoms with Crippen molar-refractivity contribution < 1.29 is 28.5 Å². The zero-order chi connectivity index (χ0) is 24.8. The van der Waals surface area contributed by atoms with Gasteiger partial charge in [-0.3, -0.25) is 0 Å². The van der Waals surface area contributed by atoms with Gasteiger partial charge in [-0.15, -0.1) is 11.3 Å². The number of para-hydroxylation sites is 1. The highest BCUT2D eigenvalue weighted by Crippen LogP contribution is 2.28. The number of anilines is 1. The molecule has 0 unspecified atom stereocenters. The molecule has 0 aliphatic carbocycles. The number of aromatic nitrogens is 1. The monoisotopic (exact) mass is 492 g/mol. The van der Waals surface area contributed by atoms with E-state index in [2.05, 4.69) is 4.98 Å². The molecule has 0 saturated heterocycles. The highest BCUT2D eigenvalue weighted by atomic mass is 32.1. The molecule has 1 heterocycles. The lowest BCUT2D eigenvalue weighted by Crippen LogP contribution is -2.34. The van der Waals surface area contributed by atoms with Gasteiger partial charge in [-0.2, -0.15) is 0 Å². The fourth-order valence-electron chi connectivity index (χ4n) is 3.41. The van der Waals surface area contributed by atoms with Crippen LogP contribution in [0.5, 0.6) is 11.5 Å². The minimum absolute atomic E-state index is 0.315. The first-order chi connectivity index (χ1) is 17.0. The first kappa shape index (κ1) is 24.0. The van der Waals surface area contributed by atoms with Crippen molar-refractivity contribution in [2.45, 2.75) is 13.5 Å². The third-order valence-corrected chi connectivity index (χ3v) is 6.21. The number of methoxy groups -OCH3 is 2. The van der Waals surface area contributed by atoms with Gasteiger partial charge in [0.2, 0.25) is 0 Å². The van der Waals surface area contributed by atoms with E-state index in [-0.39, 0.29) is 6.73 Å². The maximum Gasteiger partial charge on any atom is 0.416 e. The Morgan fingerprint density at radius 2 is 1.71 bits per heavy atom. The first-order valence-electron chi connectivity index (χ1n) is 10.7. The van der Waals surface area contributed by atoms with E-state index in [0.717, 1.165) is 20.8 Å². The van der Waals surface area contributed by atoms with E-state index in [1.54, 1.807) is 54.8 Å². The molecule has 3 aromatic carbocycles. The van der Waals surface area contributed by atoms with Gasteiger partial charge >= 0.3 is 12.1 Å². The van der Waals surface area contributed by atoms with Crippen molar-refractivity contribution >= 4 is 39.3 Å². The summed E-state index contributed by atoms with van der Waals surface area (Å²) in [7, 11) is 2.81. The molecule has 9 heteroatoms. The Morgan fingerprint density at radius 1 is 0.971 bits per heavy atom. The van der Waals surface area contributed by atoms with Gasteiger partial charge in [-0.1, -0.05) is 12.1 Å². The van der Waals surface area contributed by atoms with E-state index in [0.29, 0.717) is 29.4 Å². The summed E-state index contributed by atoms with van der Waals surface area (Å²) in [6, 6.07) is 19.7. The van der Waals surface area contributed by atoms with Crippen LogP contribution in [0.3, 0.4) is 0 Å². The van der Waals surface area contributed by atoms with Crippen LogP contribution < -0.4 is 14.4 Å². The summed E-state index contributed by atoms with van der Waals surface area (Å²) >= 11 is 1.58. The Balaban J connectivity index is 1.43. The lowest BCUT2D eigenvalue weighted by atomic mass is 10.2. The minimum Gasteiger partial charge on any atom is -0.497 e. The second-order valence-electron chi connectivity index (χ2n) is 7.50. The molecule has 1 aromatic heterocycles. The molecule has 0 spiro atoms. The Bertz CT molecular complexity index is 1300. The number of esters is 1. The van der Waals surface area contributed by atoms with Gasteiger partial charge in [0.05, 0.1) is 35.7 Å². The molecule has 0 aliphatic heterocycles. The molecule has 0 aliphatic rings. The normalized spacial score (nSPS) is 10.6. The van der Waals surface area contributed by atoms with Gasteiger partial charge in [-0.05, 0) is 67.1 Å². The number of fused-ring (bicyclic) bond motifs is 1. The van der Waals surface area contributed by atoms with Crippen LogP contribution in [0.25, 0.3) is 10.2 Å². The summed E-state index contributed by atoms with van der Waals surface area (Å²) in [5.74, 6) is 0.680. The smallest absolute Gasteiger partial charge is 0.416 e. The maximum atomic E-state index is 12.4. The average Bonchev–Trinajstić information content (AvgIpc) is 3.31. The second-order valence-corrected chi connectivity index (χ2v) is 8.61. The highest BCUT2D eigenvalue weighted by Gasteiger charge is 2.21. The van der Waals surface area contributed by atoms with Gasteiger partial charge in [0.15, 0.2) is 6.73 Å².